The predicted molar refractivity (Wildman–Crippen MR) is 163 cm³/mol. The van der Waals surface area contributed by atoms with Gasteiger partial charge in [0.25, 0.3) is 0 Å². The Hall–Kier alpha value is -4.12. The number of amides is 2. The first-order valence-electron chi connectivity index (χ1n) is 14.3. The first kappa shape index (κ1) is 33.4. The quantitative estimate of drug-likeness (QED) is 0.159. The van der Waals surface area contributed by atoms with Crippen LogP contribution in [-0.4, -0.2) is 58.3 Å². The standard InChI is InChI=1S/C33H43N3O7/c1-23(37)29(26-17-19-27(20-18-26)41-22-25-14-10-7-11-15-25)36(5)32(40)43-35-30(34-31(39)42-33(2,3)4)28(38)21-16-24-12-8-6-9-13-24/h6-15,17-20,23,28-30,35,37-38H,16,21-22H2,1-5H3,(H,34,39). The van der Waals surface area contributed by atoms with Crippen molar-refractivity contribution in [3.63, 3.8) is 0 Å². The van der Waals surface area contributed by atoms with Crippen LogP contribution in [0.5, 0.6) is 5.75 Å². The highest BCUT2D eigenvalue weighted by atomic mass is 16.7. The van der Waals surface area contributed by atoms with Gasteiger partial charge in [-0.1, -0.05) is 72.8 Å². The first-order chi connectivity index (χ1) is 20.4. The summed E-state index contributed by atoms with van der Waals surface area (Å²) < 4.78 is 11.2. The monoisotopic (exact) mass is 593 g/mol. The molecule has 0 spiro atoms. The number of ether oxygens (including phenoxy) is 2. The molecule has 10 nitrogen and oxygen atoms in total. The van der Waals surface area contributed by atoms with Crippen LogP contribution in [-0.2, 0) is 22.6 Å². The predicted octanol–water partition coefficient (Wildman–Crippen LogP) is 5.11. The maximum Gasteiger partial charge on any atom is 0.429 e. The third-order valence-electron chi connectivity index (χ3n) is 6.53. The number of nitrogens with one attached hydrogen (secondary N) is 2. The lowest BCUT2D eigenvalue weighted by molar-refractivity contribution is -0.0244. The van der Waals surface area contributed by atoms with Crippen LogP contribution in [0.3, 0.4) is 0 Å². The van der Waals surface area contributed by atoms with E-state index in [-0.39, 0.29) is 6.42 Å². The molecule has 3 aromatic carbocycles. The molecule has 0 saturated heterocycles. The van der Waals surface area contributed by atoms with E-state index in [2.05, 4.69) is 10.8 Å². The molecule has 43 heavy (non-hydrogen) atoms. The molecule has 0 aromatic heterocycles. The van der Waals surface area contributed by atoms with Crippen molar-refractivity contribution in [2.75, 3.05) is 7.05 Å². The van der Waals surface area contributed by atoms with Crippen LogP contribution in [0.4, 0.5) is 9.59 Å². The lowest BCUT2D eigenvalue weighted by Crippen LogP contribution is -2.55. The molecule has 4 atom stereocenters. The molecule has 0 aliphatic carbocycles. The number of aliphatic hydroxyl groups excluding tert-OH is 2. The van der Waals surface area contributed by atoms with E-state index in [1.165, 1.54) is 11.9 Å². The minimum Gasteiger partial charge on any atom is -0.489 e. The number of aliphatic hydroxyl groups is 2. The van der Waals surface area contributed by atoms with Crippen molar-refractivity contribution >= 4 is 12.2 Å². The van der Waals surface area contributed by atoms with Crippen molar-refractivity contribution in [1.29, 1.82) is 0 Å². The molecule has 232 valence electrons. The van der Waals surface area contributed by atoms with Crippen molar-refractivity contribution in [3.8, 4) is 5.75 Å². The third-order valence-corrected chi connectivity index (χ3v) is 6.53. The van der Waals surface area contributed by atoms with E-state index < -0.39 is 42.2 Å². The lowest BCUT2D eigenvalue weighted by Gasteiger charge is -2.31. The second-order valence-electron chi connectivity index (χ2n) is 11.3. The SMILES string of the molecule is CC(O)C(c1ccc(OCc2ccccc2)cc1)N(C)C(=O)ONC(NC(=O)OC(C)(C)C)C(O)CCc1ccccc1. The molecule has 3 rings (SSSR count). The maximum atomic E-state index is 13.1. The Bertz CT molecular complexity index is 1270. The van der Waals surface area contributed by atoms with Gasteiger partial charge in [-0.2, -0.15) is 0 Å². The average molecular weight is 594 g/mol. The summed E-state index contributed by atoms with van der Waals surface area (Å²) in [4.78, 5) is 32.1. The van der Waals surface area contributed by atoms with E-state index in [1.807, 2.05) is 60.7 Å². The van der Waals surface area contributed by atoms with Crippen LogP contribution in [0, 0.1) is 0 Å². The Morgan fingerprint density at radius 2 is 1.47 bits per heavy atom. The van der Waals surface area contributed by atoms with Gasteiger partial charge in [-0.25, -0.2) is 9.59 Å². The number of rotatable bonds is 13. The largest absolute Gasteiger partial charge is 0.489 e. The van der Waals surface area contributed by atoms with E-state index in [0.29, 0.717) is 24.3 Å². The second kappa shape index (κ2) is 15.9. The summed E-state index contributed by atoms with van der Waals surface area (Å²) in [6.07, 6.45) is -4.06. The number of hydroxylamine groups is 1. The summed E-state index contributed by atoms with van der Waals surface area (Å²) in [6, 6.07) is 25.7. The fourth-order valence-corrected chi connectivity index (χ4v) is 4.39. The Balaban J connectivity index is 1.64. The minimum absolute atomic E-state index is 0.264. The molecule has 0 fully saturated rings. The summed E-state index contributed by atoms with van der Waals surface area (Å²) in [6.45, 7) is 7.13. The van der Waals surface area contributed by atoms with Crippen LogP contribution in [0.25, 0.3) is 0 Å². The van der Waals surface area contributed by atoms with E-state index in [4.69, 9.17) is 14.3 Å². The second-order valence-corrected chi connectivity index (χ2v) is 11.3. The summed E-state index contributed by atoms with van der Waals surface area (Å²) in [7, 11) is 1.49. The third kappa shape index (κ3) is 11.2. The highest BCUT2D eigenvalue weighted by Gasteiger charge is 2.30. The molecular formula is C33H43N3O7. The molecule has 0 bridgehead atoms. The number of hydrogen-bond donors (Lipinski definition) is 4. The van der Waals surface area contributed by atoms with Gasteiger partial charge in [-0.3, -0.25) is 0 Å². The first-order valence-corrected chi connectivity index (χ1v) is 14.3. The minimum atomic E-state index is -1.16. The van der Waals surface area contributed by atoms with Crippen LogP contribution in [0.2, 0.25) is 0 Å². The van der Waals surface area contributed by atoms with Crippen LogP contribution in [0.1, 0.15) is 56.8 Å². The number of alkyl carbamates (subject to hydrolysis) is 1. The Morgan fingerprint density at radius 1 is 0.884 bits per heavy atom. The zero-order chi connectivity index (χ0) is 31.4. The average Bonchev–Trinajstić information content (AvgIpc) is 2.97. The molecule has 2 amide bonds. The van der Waals surface area contributed by atoms with E-state index in [1.54, 1.807) is 52.0 Å². The molecule has 0 radical (unpaired) electrons. The normalized spacial score (nSPS) is 14.1. The maximum absolute atomic E-state index is 13.1. The van der Waals surface area contributed by atoms with Gasteiger partial charge < -0.3 is 34.7 Å². The zero-order valence-electron chi connectivity index (χ0n) is 25.4. The molecule has 3 aromatic rings. The molecule has 0 saturated carbocycles. The smallest absolute Gasteiger partial charge is 0.429 e. The van der Waals surface area contributed by atoms with Gasteiger partial charge in [-0.05, 0) is 69.4 Å². The van der Waals surface area contributed by atoms with Gasteiger partial charge in [-0.15, -0.1) is 5.48 Å². The number of likely N-dealkylation sites (N-methyl/N-ethyl adjacent to an activating group) is 1. The van der Waals surface area contributed by atoms with E-state index >= 15 is 0 Å². The highest BCUT2D eigenvalue weighted by molar-refractivity contribution is 5.69. The molecule has 0 aliphatic heterocycles. The van der Waals surface area contributed by atoms with Gasteiger partial charge >= 0.3 is 12.2 Å². The van der Waals surface area contributed by atoms with Crippen molar-refractivity contribution in [1.82, 2.24) is 15.7 Å². The van der Waals surface area contributed by atoms with Gasteiger partial charge in [0.15, 0.2) is 0 Å². The fraction of sp³-hybridized carbons (Fsp3) is 0.394. The summed E-state index contributed by atoms with van der Waals surface area (Å²) in [5.41, 5.74) is 4.41. The Morgan fingerprint density at radius 3 is 2.02 bits per heavy atom. The highest BCUT2D eigenvalue weighted by Crippen LogP contribution is 2.26. The number of hydrogen-bond acceptors (Lipinski definition) is 8. The van der Waals surface area contributed by atoms with Crippen molar-refractivity contribution in [3.05, 3.63) is 102 Å². The Kier molecular flexibility index (Phi) is 12.4. The molecule has 0 aliphatic rings. The van der Waals surface area contributed by atoms with E-state index in [0.717, 1.165) is 11.1 Å². The molecule has 0 heterocycles. The number of nitrogens with zero attached hydrogens (tertiary/aromatic N) is 1. The summed E-state index contributed by atoms with van der Waals surface area (Å²) in [5.74, 6) is 0.643. The van der Waals surface area contributed by atoms with Crippen molar-refractivity contribution in [2.45, 2.75) is 77.2 Å². The zero-order valence-corrected chi connectivity index (χ0v) is 25.4. The lowest BCUT2D eigenvalue weighted by atomic mass is 10.0. The fourth-order valence-electron chi connectivity index (χ4n) is 4.39. The van der Waals surface area contributed by atoms with Crippen LogP contribution >= 0.6 is 0 Å². The molecule has 4 N–H and O–H groups in total. The van der Waals surface area contributed by atoms with Gasteiger partial charge in [0, 0.05) is 7.05 Å². The molecule has 4 unspecified atom stereocenters. The summed E-state index contributed by atoms with van der Waals surface area (Å²) >= 11 is 0. The number of benzene rings is 3. The topological polar surface area (TPSA) is 130 Å². The van der Waals surface area contributed by atoms with Gasteiger partial charge in [0.05, 0.1) is 18.2 Å². The van der Waals surface area contributed by atoms with Gasteiger partial charge in [0.1, 0.15) is 24.1 Å². The van der Waals surface area contributed by atoms with Gasteiger partial charge in [0.2, 0.25) is 0 Å². The summed E-state index contributed by atoms with van der Waals surface area (Å²) in [5, 5.41) is 24.0. The van der Waals surface area contributed by atoms with Crippen LogP contribution in [0.15, 0.2) is 84.9 Å². The van der Waals surface area contributed by atoms with Crippen molar-refractivity contribution in [2.24, 2.45) is 0 Å². The molecular weight excluding hydrogens is 550 g/mol. The number of aryl methyl sites for hydroxylation is 1. The Labute approximate surface area is 253 Å². The number of carbonyl (C=O) groups is 2. The molecule has 10 heteroatoms. The van der Waals surface area contributed by atoms with Crippen molar-refractivity contribution < 1.29 is 34.1 Å². The van der Waals surface area contributed by atoms with Crippen LogP contribution < -0.4 is 15.5 Å². The van der Waals surface area contributed by atoms with E-state index in [9.17, 15) is 19.8 Å². The number of carbonyl (C=O) groups excluding carboxylic acids is 2.